The second-order valence-electron chi connectivity index (χ2n) is 5.19. The van der Waals surface area contributed by atoms with Gasteiger partial charge >= 0.3 is 0 Å². The van der Waals surface area contributed by atoms with E-state index in [1.54, 1.807) is 25.2 Å². The van der Waals surface area contributed by atoms with Gasteiger partial charge in [0.05, 0.1) is 9.23 Å². The van der Waals surface area contributed by atoms with E-state index in [4.69, 9.17) is 11.6 Å². The molecule has 1 aromatic heterocycles. The fraction of sp³-hybridized carbons (Fsp3) is 0.333. The lowest BCUT2D eigenvalue weighted by molar-refractivity contribution is 0.469. The monoisotopic (exact) mass is 343 g/mol. The van der Waals surface area contributed by atoms with Crippen LogP contribution in [0.1, 0.15) is 30.2 Å². The first-order valence-electron chi connectivity index (χ1n) is 6.61. The first kappa shape index (κ1) is 16.5. The van der Waals surface area contributed by atoms with Gasteiger partial charge < -0.3 is 0 Å². The Bertz CT molecular complexity index is 706. The predicted octanol–water partition coefficient (Wildman–Crippen LogP) is 4.35. The standard InChI is InChI=1S/C15H18ClNO2S2/c1-11(2)12-4-7-14(8-5-12)21(18,19)17(3)10-13-6-9-15(16)20-13/h4-9,11H,10H2,1-3H3. The van der Waals surface area contributed by atoms with Crippen molar-refractivity contribution < 1.29 is 8.42 Å². The van der Waals surface area contributed by atoms with Crippen molar-refractivity contribution in [1.29, 1.82) is 0 Å². The van der Waals surface area contributed by atoms with Crippen LogP contribution in [0.2, 0.25) is 4.34 Å². The highest BCUT2D eigenvalue weighted by Gasteiger charge is 2.21. The third-order valence-corrected chi connectivity index (χ3v) is 6.30. The maximum absolute atomic E-state index is 12.5. The molecule has 0 aliphatic heterocycles. The number of nitrogens with zero attached hydrogens (tertiary/aromatic N) is 1. The summed E-state index contributed by atoms with van der Waals surface area (Å²) in [5.74, 6) is 0.382. The zero-order valence-corrected chi connectivity index (χ0v) is 14.6. The summed E-state index contributed by atoms with van der Waals surface area (Å²) in [6.45, 7) is 4.48. The van der Waals surface area contributed by atoms with E-state index >= 15 is 0 Å². The molecule has 0 fully saturated rings. The molecular weight excluding hydrogens is 326 g/mol. The van der Waals surface area contributed by atoms with E-state index in [1.165, 1.54) is 15.6 Å². The Balaban J connectivity index is 2.20. The van der Waals surface area contributed by atoms with E-state index in [0.29, 0.717) is 21.7 Å². The molecule has 1 aromatic carbocycles. The normalized spacial score (nSPS) is 12.3. The van der Waals surface area contributed by atoms with Gasteiger partial charge in [-0.05, 0) is 35.7 Å². The van der Waals surface area contributed by atoms with Gasteiger partial charge in [-0.25, -0.2) is 8.42 Å². The van der Waals surface area contributed by atoms with Crippen LogP contribution in [0.4, 0.5) is 0 Å². The number of rotatable bonds is 5. The molecular formula is C15H18ClNO2S2. The molecule has 114 valence electrons. The number of hydrogen-bond donors (Lipinski definition) is 0. The van der Waals surface area contributed by atoms with Gasteiger partial charge in [-0.15, -0.1) is 11.3 Å². The minimum absolute atomic E-state index is 0.317. The van der Waals surface area contributed by atoms with E-state index in [9.17, 15) is 8.42 Å². The van der Waals surface area contributed by atoms with E-state index < -0.39 is 10.0 Å². The number of benzene rings is 1. The number of thiophene rings is 1. The van der Waals surface area contributed by atoms with E-state index in [0.717, 1.165) is 10.4 Å². The molecule has 2 aromatic rings. The molecule has 0 aliphatic carbocycles. The van der Waals surface area contributed by atoms with E-state index in [1.807, 2.05) is 18.2 Å². The van der Waals surface area contributed by atoms with Gasteiger partial charge in [-0.2, -0.15) is 4.31 Å². The van der Waals surface area contributed by atoms with Gasteiger partial charge in [-0.1, -0.05) is 37.6 Å². The molecule has 0 amide bonds. The SMILES string of the molecule is CC(C)c1ccc(S(=O)(=O)N(C)Cc2ccc(Cl)s2)cc1. The smallest absolute Gasteiger partial charge is 0.207 e. The van der Waals surface area contributed by atoms with Crippen molar-refractivity contribution in [3.8, 4) is 0 Å². The number of halogens is 1. The third kappa shape index (κ3) is 3.86. The minimum Gasteiger partial charge on any atom is -0.207 e. The summed E-state index contributed by atoms with van der Waals surface area (Å²) < 4.78 is 27.1. The second kappa shape index (κ2) is 6.48. The Kier molecular flexibility index (Phi) is 5.09. The summed E-state index contributed by atoms with van der Waals surface area (Å²) in [4.78, 5) is 1.24. The van der Waals surface area contributed by atoms with Crippen LogP contribution in [0.15, 0.2) is 41.3 Å². The van der Waals surface area contributed by atoms with Crippen LogP contribution in [0, 0.1) is 0 Å². The van der Waals surface area contributed by atoms with Crippen molar-refractivity contribution in [2.75, 3.05) is 7.05 Å². The molecule has 0 aliphatic rings. The van der Waals surface area contributed by atoms with Crippen molar-refractivity contribution in [2.24, 2.45) is 0 Å². The minimum atomic E-state index is -3.47. The molecule has 0 saturated heterocycles. The molecule has 1 heterocycles. The lowest BCUT2D eigenvalue weighted by atomic mass is 10.0. The molecule has 2 rings (SSSR count). The van der Waals surface area contributed by atoms with Gasteiger partial charge in [0.1, 0.15) is 0 Å². The van der Waals surface area contributed by atoms with Gasteiger partial charge in [0, 0.05) is 18.5 Å². The van der Waals surface area contributed by atoms with Gasteiger partial charge in [0.25, 0.3) is 0 Å². The summed E-state index contributed by atoms with van der Waals surface area (Å²) in [7, 11) is -1.89. The van der Waals surface area contributed by atoms with Crippen LogP contribution in [0.25, 0.3) is 0 Å². The van der Waals surface area contributed by atoms with Gasteiger partial charge in [-0.3, -0.25) is 0 Å². The van der Waals surface area contributed by atoms with Crippen LogP contribution < -0.4 is 0 Å². The third-order valence-electron chi connectivity index (χ3n) is 3.26. The maximum Gasteiger partial charge on any atom is 0.243 e. The summed E-state index contributed by atoms with van der Waals surface area (Å²) in [5.41, 5.74) is 1.13. The first-order valence-corrected chi connectivity index (χ1v) is 9.24. The van der Waals surface area contributed by atoms with E-state index in [2.05, 4.69) is 13.8 Å². The topological polar surface area (TPSA) is 37.4 Å². The number of hydrogen-bond acceptors (Lipinski definition) is 3. The van der Waals surface area contributed by atoms with Gasteiger partial charge in [0.2, 0.25) is 10.0 Å². The molecule has 0 atom stereocenters. The van der Waals surface area contributed by atoms with E-state index in [-0.39, 0.29) is 0 Å². The highest BCUT2D eigenvalue weighted by Crippen LogP contribution is 2.25. The summed E-state index contributed by atoms with van der Waals surface area (Å²) in [6, 6.07) is 10.7. The summed E-state index contributed by atoms with van der Waals surface area (Å²) in [5, 5.41) is 0. The Morgan fingerprint density at radius 3 is 2.24 bits per heavy atom. The Morgan fingerprint density at radius 1 is 1.14 bits per heavy atom. The molecule has 3 nitrogen and oxygen atoms in total. The van der Waals surface area contributed by atoms with Gasteiger partial charge in [0.15, 0.2) is 0 Å². The Hall–Kier alpha value is -0.880. The van der Waals surface area contributed by atoms with Crippen LogP contribution in [-0.4, -0.2) is 19.8 Å². The second-order valence-corrected chi connectivity index (χ2v) is 9.04. The predicted molar refractivity (Wildman–Crippen MR) is 88.5 cm³/mol. The molecule has 0 radical (unpaired) electrons. The molecule has 0 saturated carbocycles. The fourth-order valence-corrected chi connectivity index (χ4v) is 4.32. The highest BCUT2D eigenvalue weighted by atomic mass is 35.5. The van der Waals surface area contributed by atoms with Crippen molar-refractivity contribution >= 4 is 33.0 Å². The molecule has 0 unspecified atom stereocenters. The van der Waals surface area contributed by atoms with Crippen molar-refractivity contribution in [2.45, 2.75) is 31.2 Å². The summed E-state index contributed by atoms with van der Waals surface area (Å²) in [6.07, 6.45) is 0. The quantitative estimate of drug-likeness (QED) is 0.809. The van der Waals surface area contributed by atoms with Crippen molar-refractivity contribution in [3.05, 3.63) is 51.2 Å². The van der Waals surface area contributed by atoms with Crippen molar-refractivity contribution in [3.63, 3.8) is 0 Å². The Labute approximate surface area is 135 Å². The lowest BCUT2D eigenvalue weighted by Gasteiger charge is -2.17. The largest absolute Gasteiger partial charge is 0.243 e. The average Bonchev–Trinajstić information content (AvgIpc) is 2.84. The molecule has 6 heteroatoms. The molecule has 0 spiro atoms. The van der Waals surface area contributed by atoms with Crippen LogP contribution in [0.3, 0.4) is 0 Å². The molecule has 21 heavy (non-hydrogen) atoms. The van der Waals surface area contributed by atoms with Crippen LogP contribution >= 0.6 is 22.9 Å². The maximum atomic E-state index is 12.5. The average molecular weight is 344 g/mol. The lowest BCUT2D eigenvalue weighted by Crippen LogP contribution is -2.26. The Morgan fingerprint density at radius 2 is 1.76 bits per heavy atom. The molecule has 0 N–H and O–H groups in total. The van der Waals surface area contributed by atoms with Crippen LogP contribution in [0.5, 0.6) is 0 Å². The summed E-state index contributed by atoms with van der Waals surface area (Å²) >= 11 is 7.27. The highest BCUT2D eigenvalue weighted by molar-refractivity contribution is 7.89. The number of sulfonamides is 1. The van der Waals surface area contributed by atoms with Crippen LogP contribution in [-0.2, 0) is 16.6 Å². The van der Waals surface area contributed by atoms with Crippen molar-refractivity contribution in [1.82, 2.24) is 4.31 Å². The zero-order valence-electron chi connectivity index (χ0n) is 12.2. The first-order chi connectivity index (χ1) is 9.80. The molecule has 0 bridgehead atoms. The zero-order chi connectivity index (χ0) is 15.6. The fourth-order valence-electron chi connectivity index (χ4n) is 1.95.